The van der Waals surface area contributed by atoms with Gasteiger partial charge in [-0.2, -0.15) is 0 Å². The minimum Gasteiger partial charge on any atom is -0.495 e. The predicted octanol–water partition coefficient (Wildman–Crippen LogP) is 4.01. The number of terminal acetylenes is 1. The maximum atomic E-state index is 12.6. The van der Waals surface area contributed by atoms with Crippen molar-refractivity contribution >= 4 is 40.6 Å². The van der Waals surface area contributed by atoms with Gasteiger partial charge in [0.1, 0.15) is 11.4 Å². The second-order valence-corrected chi connectivity index (χ2v) is 7.72. The zero-order valence-electron chi connectivity index (χ0n) is 15.8. The molecular weight excluding hydrogens is 414 g/mol. The lowest BCUT2D eigenvalue weighted by Gasteiger charge is -2.30. The lowest BCUT2D eigenvalue weighted by molar-refractivity contribution is 0.102. The van der Waals surface area contributed by atoms with Gasteiger partial charge in [-0.05, 0) is 31.0 Å². The number of ether oxygens (including phenoxy) is 2. The third-order valence-corrected chi connectivity index (χ3v) is 5.79. The molecule has 3 rings (SSSR count). The summed E-state index contributed by atoms with van der Waals surface area (Å²) in [5.41, 5.74) is 0.821. The Morgan fingerprint density at radius 1 is 1.41 bits per heavy atom. The Balaban J connectivity index is 1.60. The number of benzene rings is 1. The van der Waals surface area contributed by atoms with E-state index in [-0.39, 0.29) is 18.4 Å². The molecule has 1 aromatic heterocycles. The number of hydrogen-bond acceptors (Lipinski definition) is 6. The third-order valence-electron chi connectivity index (χ3n) is 4.55. The highest BCUT2D eigenvalue weighted by atomic mass is 35.5. The molecule has 0 spiro atoms. The SMILES string of the molecule is C#CCOC(=O)N1CCC(c2nc(C(=O)Nc3cc(Cl)ccc3OC)cs2)CC1. The van der Waals surface area contributed by atoms with Crippen LogP contribution < -0.4 is 10.1 Å². The second-order valence-electron chi connectivity index (χ2n) is 6.39. The van der Waals surface area contributed by atoms with E-state index in [9.17, 15) is 9.59 Å². The van der Waals surface area contributed by atoms with Crippen LogP contribution in [0.4, 0.5) is 10.5 Å². The van der Waals surface area contributed by atoms with Crippen LogP contribution in [0.5, 0.6) is 5.75 Å². The van der Waals surface area contributed by atoms with Crippen molar-refractivity contribution in [3.05, 3.63) is 39.3 Å². The molecule has 0 bridgehead atoms. The van der Waals surface area contributed by atoms with Gasteiger partial charge in [0.15, 0.2) is 6.61 Å². The molecule has 1 aliphatic heterocycles. The Morgan fingerprint density at radius 3 is 2.86 bits per heavy atom. The Hall–Kier alpha value is -2.76. The van der Waals surface area contributed by atoms with E-state index < -0.39 is 6.09 Å². The molecule has 1 aliphatic rings. The molecule has 0 unspecified atom stereocenters. The quantitative estimate of drug-likeness (QED) is 0.720. The number of nitrogens with one attached hydrogen (secondary N) is 1. The molecule has 1 N–H and O–H groups in total. The number of amides is 2. The van der Waals surface area contributed by atoms with Gasteiger partial charge in [0.25, 0.3) is 5.91 Å². The number of nitrogens with zero attached hydrogens (tertiary/aromatic N) is 2. The number of carbonyl (C=O) groups excluding carboxylic acids is 2. The van der Waals surface area contributed by atoms with E-state index in [2.05, 4.69) is 16.2 Å². The van der Waals surface area contributed by atoms with Crippen molar-refractivity contribution in [3.63, 3.8) is 0 Å². The topological polar surface area (TPSA) is 80.8 Å². The number of halogens is 1. The molecule has 2 heterocycles. The van der Waals surface area contributed by atoms with Crippen molar-refractivity contribution in [1.82, 2.24) is 9.88 Å². The average molecular weight is 434 g/mol. The number of rotatable bonds is 5. The standard InChI is InChI=1S/C20H20ClN3O4S/c1-3-10-28-20(26)24-8-6-13(7-9-24)19-23-16(12-29-19)18(25)22-15-11-14(21)4-5-17(15)27-2/h1,4-5,11-13H,6-10H2,2H3,(H,22,25). The molecular formula is C20H20ClN3O4S. The van der Waals surface area contributed by atoms with Gasteiger partial charge in [0, 0.05) is 29.4 Å². The first kappa shape index (κ1) is 21.0. The number of carbonyl (C=O) groups is 2. The normalized spacial score (nSPS) is 14.2. The fourth-order valence-electron chi connectivity index (χ4n) is 3.05. The fourth-order valence-corrected chi connectivity index (χ4v) is 4.19. The molecule has 0 atom stereocenters. The van der Waals surface area contributed by atoms with Gasteiger partial charge < -0.3 is 19.7 Å². The van der Waals surface area contributed by atoms with Gasteiger partial charge in [-0.25, -0.2) is 9.78 Å². The van der Waals surface area contributed by atoms with E-state index in [1.165, 1.54) is 18.4 Å². The zero-order chi connectivity index (χ0) is 20.8. The summed E-state index contributed by atoms with van der Waals surface area (Å²) in [5, 5.41) is 5.89. The van der Waals surface area contributed by atoms with Gasteiger partial charge in [0.05, 0.1) is 17.8 Å². The zero-order valence-corrected chi connectivity index (χ0v) is 17.4. The van der Waals surface area contributed by atoms with E-state index in [4.69, 9.17) is 27.5 Å². The van der Waals surface area contributed by atoms with E-state index in [0.717, 1.165) is 17.8 Å². The smallest absolute Gasteiger partial charge is 0.410 e. The van der Waals surface area contributed by atoms with Crippen molar-refractivity contribution < 1.29 is 19.1 Å². The lowest BCUT2D eigenvalue weighted by atomic mass is 9.98. The highest BCUT2D eigenvalue weighted by Gasteiger charge is 2.27. The molecule has 2 amide bonds. The molecule has 1 aromatic carbocycles. The molecule has 0 aliphatic carbocycles. The number of methoxy groups -OCH3 is 1. The van der Waals surface area contributed by atoms with Crippen LogP contribution >= 0.6 is 22.9 Å². The number of aromatic nitrogens is 1. The monoisotopic (exact) mass is 433 g/mol. The molecule has 1 saturated heterocycles. The summed E-state index contributed by atoms with van der Waals surface area (Å²) in [6.45, 7) is 1.10. The first-order valence-corrected chi connectivity index (χ1v) is 10.2. The molecule has 0 saturated carbocycles. The number of piperidine rings is 1. The molecule has 152 valence electrons. The summed E-state index contributed by atoms with van der Waals surface area (Å²) < 4.78 is 10.2. The van der Waals surface area contributed by atoms with Crippen molar-refractivity contribution in [3.8, 4) is 18.1 Å². The average Bonchev–Trinajstić information content (AvgIpc) is 3.23. The van der Waals surface area contributed by atoms with Crippen molar-refractivity contribution in [2.75, 3.05) is 32.1 Å². The van der Waals surface area contributed by atoms with E-state index in [1.54, 1.807) is 28.5 Å². The van der Waals surface area contributed by atoms with Crippen LogP contribution in [-0.4, -0.2) is 48.7 Å². The molecule has 29 heavy (non-hydrogen) atoms. The lowest BCUT2D eigenvalue weighted by Crippen LogP contribution is -2.38. The number of thiazole rings is 1. The van der Waals surface area contributed by atoms with E-state index >= 15 is 0 Å². The molecule has 2 aromatic rings. The highest BCUT2D eigenvalue weighted by Crippen LogP contribution is 2.32. The van der Waals surface area contributed by atoms with E-state index in [1.807, 2.05) is 0 Å². The van der Waals surface area contributed by atoms with Crippen LogP contribution in [0.25, 0.3) is 0 Å². The van der Waals surface area contributed by atoms with Gasteiger partial charge in [-0.15, -0.1) is 17.8 Å². The minimum atomic E-state index is -0.393. The minimum absolute atomic E-state index is 0.0267. The summed E-state index contributed by atoms with van der Waals surface area (Å²) in [4.78, 5) is 30.6. The van der Waals surface area contributed by atoms with Crippen LogP contribution in [0.15, 0.2) is 23.6 Å². The predicted molar refractivity (Wildman–Crippen MR) is 112 cm³/mol. The second kappa shape index (κ2) is 9.63. The van der Waals surface area contributed by atoms with Crippen molar-refractivity contribution in [2.24, 2.45) is 0 Å². The van der Waals surface area contributed by atoms with Crippen LogP contribution in [0.1, 0.15) is 34.3 Å². The van der Waals surface area contributed by atoms with Crippen molar-refractivity contribution in [2.45, 2.75) is 18.8 Å². The highest BCUT2D eigenvalue weighted by molar-refractivity contribution is 7.10. The van der Waals surface area contributed by atoms with Crippen LogP contribution in [-0.2, 0) is 4.74 Å². The molecule has 7 nitrogen and oxygen atoms in total. The molecule has 1 fully saturated rings. The summed E-state index contributed by atoms with van der Waals surface area (Å²) in [7, 11) is 1.52. The number of hydrogen-bond donors (Lipinski definition) is 1. The third kappa shape index (κ3) is 5.19. The summed E-state index contributed by atoms with van der Waals surface area (Å²) >= 11 is 7.45. The van der Waals surface area contributed by atoms with Crippen molar-refractivity contribution in [1.29, 1.82) is 0 Å². The summed E-state index contributed by atoms with van der Waals surface area (Å²) in [6, 6.07) is 5.00. The number of likely N-dealkylation sites (tertiary alicyclic amines) is 1. The fraction of sp³-hybridized carbons (Fsp3) is 0.350. The van der Waals surface area contributed by atoms with Crippen LogP contribution in [0.3, 0.4) is 0 Å². The Morgan fingerprint density at radius 2 is 2.17 bits per heavy atom. The molecule has 9 heteroatoms. The van der Waals surface area contributed by atoms with Crippen LogP contribution in [0.2, 0.25) is 5.02 Å². The van der Waals surface area contributed by atoms with Gasteiger partial charge in [-0.3, -0.25) is 4.79 Å². The van der Waals surface area contributed by atoms with Crippen LogP contribution in [0, 0.1) is 12.3 Å². The Bertz CT molecular complexity index is 932. The number of anilines is 1. The van der Waals surface area contributed by atoms with Gasteiger partial charge in [0.2, 0.25) is 0 Å². The van der Waals surface area contributed by atoms with Gasteiger partial charge >= 0.3 is 6.09 Å². The summed E-state index contributed by atoms with van der Waals surface area (Å²) in [5.74, 6) is 2.66. The Labute approximate surface area is 178 Å². The first-order chi connectivity index (χ1) is 14.0. The molecule has 0 radical (unpaired) electrons. The first-order valence-electron chi connectivity index (χ1n) is 8.97. The van der Waals surface area contributed by atoms with E-state index in [0.29, 0.717) is 35.2 Å². The largest absolute Gasteiger partial charge is 0.495 e. The summed E-state index contributed by atoms with van der Waals surface area (Å²) in [6.07, 6.45) is 6.22. The van der Waals surface area contributed by atoms with Gasteiger partial charge in [-0.1, -0.05) is 17.5 Å². The maximum absolute atomic E-state index is 12.6. The maximum Gasteiger partial charge on any atom is 0.410 e. The Kier molecular flexibility index (Phi) is 6.96.